The van der Waals surface area contributed by atoms with Crippen LogP contribution in [0.25, 0.3) is 0 Å². The van der Waals surface area contributed by atoms with Crippen molar-refractivity contribution in [2.75, 3.05) is 19.6 Å². The van der Waals surface area contributed by atoms with Crippen LogP contribution in [0.1, 0.15) is 52.2 Å². The van der Waals surface area contributed by atoms with Crippen molar-refractivity contribution >= 4 is 17.8 Å². The lowest BCUT2D eigenvalue weighted by atomic mass is 9.91. The van der Waals surface area contributed by atoms with E-state index in [0.29, 0.717) is 18.0 Å². The highest BCUT2D eigenvalue weighted by Gasteiger charge is 2.37. The van der Waals surface area contributed by atoms with Gasteiger partial charge in [-0.05, 0) is 60.7 Å². The van der Waals surface area contributed by atoms with E-state index >= 15 is 0 Å². The molecule has 0 saturated carbocycles. The zero-order valence-corrected chi connectivity index (χ0v) is 16.7. The summed E-state index contributed by atoms with van der Waals surface area (Å²) in [6.07, 6.45) is 6.01. The van der Waals surface area contributed by atoms with Crippen molar-refractivity contribution in [1.29, 1.82) is 0 Å². The number of benzene rings is 1. The van der Waals surface area contributed by atoms with E-state index in [9.17, 15) is 14.4 Å². The Morgan fingerprint density at radius 2 is 1.87 bits per heavy atom. The molecule has 2 fully saturated rings. The van der Waals surface area contributed by atoms with Gasteiger partial charge in [-0.3, -0.25) is 19.8 Å². The van der Waals surface area contributed by atoms with Gasteiger partial charge in [0.25, 0.3) is 5.91 Å². The minimum atomic E-state index is -0.534. The van der Waals surface area contributed by atoms with Gasteiger partial charge in [-0.2, -0.15) is 0 Å². The molecule has 3 aliphatic rings. The summed E-state index contributed by atoms with van der Waals surface area (Å²) in [7, 11) is 0. The fraction of sp³-hybridized carbons (Fsp3) is 0.409. The molecule has 8 nitrogen and oxygen atoms in total. The Morgan fingerprint density at radius 1 is 1.03 bits per heavy atom. The molecule has 0 radical (unpaired) electrons. The number of carbonyl (C=O) groups is 3. The standard InChI is InChI=1S/C22H24N4O4/c27-20-5-9-25(22(29)23-20)26-13-18-11-15(1-2-19(18)21(26)28)12-24-7-3-16(4-8-24)17-6-10-30-14-17/h1-2,6,10-11,14,16H,3-5,7-9,12-13H2,(H,23,27,29). The topological polar surface area (TPSA) is 86.1 Å². The third-order valence-electron chi connectivity index (χ3n) is 6.29. The summed E-state index contributed by atoms with van der Waals surface area (Å²) in [5.74, 6) is 0.0648. The van der Waals surface area contributed by atoms with E-state index in [0.717, 1.165) is 38.0 Å². The summed E-state index contributed by atoms with van der Waals surface area (Å²) in [6.45, 7) is 3.48. The Labute approximate surface area is 174 Å². The van der Waals surface area contributed by atoms with E-state index in [4.69, 9.17) is 4.42 Å². The molecule has 1 aromatic carbocycles. The van der Waals surface area contributed by atoms with Crippen molar-refractivity contribution in [3.05, 3.63) is 59.0 Å². The molecule has 4 amide bonds. The molecule has 0 spiro atoms. The number of likely N-dealkylation sites (tertiary alicyclic amines) is 1. The number of amides is 4. The molecule has 2 saturated heterocycles. The monoisotopic (exact) mass is 408 g/mol. The lowest BCUT2D eigenvalue weighted by molar-refractivity contribution is -0.123. The van der Waals surface area contributed by atoms with Crippen LogP contribution in [0.3, 0.4) is 0 Å². The predicted octanol–water partition coefficient (Wildman–Crippen LogP) is 2.47. The van der Waals surface area contributed by atoms with Crippen LogP contribution in [-0.2, 0) is 17.9 Å². The summed E-state index contributed by atoms with van der Waals surface area (Å²) < 4.78 is 5.22. The average Bonchev–Trinajstić information content (AvgIpc) is 3.37. The Balaban J connectivity index is 1.23. The van der Waals surface area contributed by atoms with E-state index in [-0.39, 0.29) is 24.8 Å². The van der Waals surface area contributed by atoms with Gasteiger partial charge < -0.3 is 4.42 Å². The molecule has 1 N–H and O–H groups in total. The van der Waals surface area contributed by atoms with Crippen molar-refractivity contribution < 1.29 is 18.8 Å². The highest BCUT2D eigenvalue weighted by atomic mass is 16.3. The predicted molar refractivity (Wildman–Crippen MR) is 107 cm³/mol. The number of hydrogen-bond donors (Lipinski definition) is 1. The number of furan rings is 1. The van der Waals surface area contributed by atoms with Crippen molar-refractivity contribution in [3.8, 4) is 0 Å². The molecule has 4 heterocycles. The summed E-state index contributed by atoms with van der Waals surface area (Å²) in [6, 6.07) is 7.46. The van der Waals surface area contributed by atoms with Crippen LogP contribution in [0.5, 0.6) is 0 Å². The largest absolute Gasteiger partial charge is 0.472 e. The van der Waals surface area contributed by atoms with Crippen LogP contribution < -0.4 is 5.32 Å². The zero-order chi connectivity index (χ0) is 20.7. The van der Waals surface area contributed by atoms with Gasteiger partial charge in [0.2, 0.25) is 5.91 Å². The van der Waals surface area contributed by atoms with Gasteiger partial charge in [0.05, 0.1) is 25.6 Å². The van der Waals surface area contributed by atoms with Gasteiger partial charge in [-0.1, -0.05) is 12.1 Å². The summed E-state index contributed by atoms with van der Waals surface area (Å²) >= 11 is 0. The van der Waals surface area contributed by atoms with E-state index in [1.165, 1.54) is 21.1 Å². The molecule has 3 aliphatic heterocycles. The first-order chi connectivity index (χ1) is 14.6. The van der Waals surface area contributed by atoms with E-state index in [1.807, 2.05) is 18.4 Å². The fourth-order valence-corrected chi connectivity index (χ4v) is 4.63. The average molecular weight is 408 g/mol. The van der Waals surface area contributed by atoms with E-state index in [1.54, 1.807) is 6.26 Å². The van der Waals surface area contributed by atoms with Crippen LogP contribution in [-0.4, -0.2) is 52.4 Å². The Morgan fingerprint density at radius 3 is 2.60 bits per heavy atom. The molecule has 156 valence electrons. The van der Waals surface area contributed by atoms with E-state index in [2.05, 4.69) is 22.3 Å². The van der Waals surface area contributed by atoms with Crippen LogP contribution in [0.15, 0.2) is 41.2 Å². The number of piperidine rings is 1. The van der Waals surface area contributed by atoms with E-state index < -0.39 is 6.03 Å². The van der Waals surface area contributed by atoms with Crippen LogP contribution in [0.2, 0.25) is 0 Å². The quantitative estimate of drug-likeness (QED) is 0.840. The van der Waals surface area contributed by atoms with Crippen molar-refractivity contribution in [2.24, 2.45) is 0 Å². The molecule has 0 aliphatic carbocycles. The van der Waals surface area contributed by atoms with Crippen molar-refractivity contribution in [1.82, 2.24) is 20.2 Å². The number of urea groups is 1. The molecule has 0 unspecified atom stereocenters. The number of carbonyl (C=O) groups excluding carboxylic acids is 3. The SMILES string of the molecule is O=C1CCN(N2Cc3cc(CN4CCC(c5ccoc5)CC4)ccc3C2=O)C(=O)N1. The molecule has 2 aromatic rings. The highest BCUT2D eigenvalue weighted by molar-refractivity contribution is 6.01. The molecule has 5 rings (SSSR count). The van der Waals surface area contributed by atoms with Crippen molar-refractivity contribution in [3.63, 3.8) is 0 Å². The Hall–Kier alpha value is -3.13. The number of hydrazine groups is 1. The molecule has 8 heteroatoms. The molecule has 0 bridgehead atoms. The maximum absolute atomic E-state index is 12.8. The lowest BCUT2D eigenvalue weighted by Crippen LogP contribution is -2.56. The molecular weight excluding hydrogens is 384 g/mol. The van der Waals surface area contributed by atoms with Gasteiger partial charge in [0, 0.05) is 18.5 Å². The van der Waals surface area contributed by atoms with Gasteiger partial charge >= 0.3 is 6.03 Å². The fourth-order valence-electron chi connectivity index (χ4n) is 4.63. The Bertz CT molecular complexity index is 979. The molecule has 0 atom stereocenters. The van der Waals surface area contributed by atoms with Gasteiger partial charge in [-0.15, -0.1) is 0 Å². The first-order valence-corrected chi connectivity index (χ1v) is 10.4. The third kappa shape index (κ3) is 3.47. The summed E-state index contributed by atoms with van der Waals surface area (Å²) in [4.78, 5) is 38.7. The normalized spacial score (nSPS) is 20.6. The van der Waals surface area contributed by atoms with Gasteiger partial charge in [-0.25, -0.2) is 14.8 Å². The number of rotatable bonds is 4. The maximum Gasteiger partial charge on any atom is 0.342 e. The minimum Gasteiger partial charge on any atom is -0.472 e. The maximum atomic E-state index is 12.8. The highest BCUT2D eigenvalue weighted by Crippen LogP contribution is 2.30. The number of nitrogens with one attached hydrogen (secondary N) is 1. The van der Waals surface area contributed by atoms with Gasteiger partial charge in [0.1, 0.15) is 0 Å². The van der Waals surface area contributed by atoms with Gasteiger partial charge in [0.15, 0.2) is 0 Å². The summed E-state index contributed by atoms with van der Waals surface area (Å²) in [5, 5.41) is 5.05. The number of nitrogens with zero attached hydrogens (tertiary/aromatic N) is 3. The first kappa shape index (κ1) is 18.9. The second-order valence-electron chi connectivity index (χ2n) is 8.19. The third-order valence-corrected chi connectivity index (χ3v) is 6.29. The number of imide groups is 1. The summed E-state index contributed by atoms with van der Waals surface area (Å²) in [5.41, 5.74) is 4.01. The minimum absolute atomic E-state index is 0.193. The molecular formula is C22H24N4O4. The smallest absolute Gasteiger partial charge is 0.342 e. The van der Waals surface area contributed by atoms with Crippen LogP contribution in [0.4, 0.5) is 4.79 Å². The molecule has 1 aromatic heterocycles. The van der Waals surface area contributed by atoms with Crippen LogP contribution in [0, 0.1) is 0 Å². The first-order valence-electron chi connectivity index (χ1n) is 10.4. The second-order valence-corrected chi connectivity index (χ2v) is 8.19. The lowest BCUT2D eigenvalue weighted by Gasteiger charge is -2.33. The second kappa shape index (κ2) is 7.60. The Kier molecular flexibility index (Phi) is 4.78. The number of fused-ring (bicyclic) bond motifs is 1. The van der Waals surface area contributed by atoms with Crippen molar-refractivity contribution in [2.45, 2.75) is 38.3 Å². The zero-order valence-electron chi connectivity index (χ0n) is 16.7. The number of hydrogen-bond acceptors (Lipinski definition) is 5. The molecule has 30 heavy (non-hydrogen) atoms. The van der Waals surface area contributed by atoms with Crippen LogP contribution >= 0.6 is 0 Å².